The molecule has 0 heterocycles. The second-order valence-electron chi connectivity index (χ2n) is 5.97. The van der Waals surface area contributed by atoms with Gasteiger partial charge in [-0.2, -0.15) is 0 Å². The molecular weight excluding hydrogens is 333 g/mol. The van der Waals surface area contributed by atoms with Gasteiger partial charge in [0.2, 0.25) is 5.91 Å². The van der Waals surface area contributed by atoms with Crippen molar-refractivity contribution in [2.24, 2.45) is 5.41 Å². The van der Waals surface area contributed by atoms with Gasteiger partial charge in [-0.1, -0.05) is 30.3 Å². The van der Waals surface area contributed by atoms with Crippen LogP contribution < -0.4 is 10.1 Å². The quantitative estimate of drug-likeness (QED) is 0.788. The maximum atomic E-state index is 12.2. The van der Waals surface area contributed by atoms with E-state index >= 15 is 0 Å². The lowest BCUT2D eigenvalue weighted by Gasteiger charge is -2.13. The minimum absolute atomic E-state index is 0.166. The van der Waals surface area contributed by atoms with Crippen molar-refractivity contribution < 1.29 is 9.53 Å². The van der Waals surface area contributed by atoms with Crippen LogP contribution in [0.3, 0.4) is 0 Å². The van der Waals surface area contributed by atoms with Gasteiger partial charge in [-0.05, 0) is 43.2 Å². The summed E-state index contributed by atoms with van der Waals surface area (Å²) in [6.07, 6.45) is 0.465. The van der Waals surface area contributed by atoms with E-state index < -0.39 is 9.75 Å². The molecule has 0 aliphatic heterocycles. The third-order valence-corrected chi connectivity index (χ3v) is 5.22. The number of amides is 1. The number of ether oxygens (including phenoxy) is 1. The highest BCUT2D eigenvalue weighted by Crippen LogP contribution is 2.64. The molecule has 2 aromatic rings. The zero-order valence-corrected chi connectivity index (χ0v) is 14.2. The SMILES string of the molecule is CC1(C(=O)Nc2ccc(OCc3ccccc3)cc2)CC1(Cl)Cl. The minimum atomic E-state index is -0.962. The molecule has 1 saturated carbocycles. The van der Waals surface area contributed by atoms with E-state index in [0.717, 1.165) is 11.3 Å². The Labute approximate surface area is 145 Å². The van der Waals surface area contributed by atoms with Crippen molar-refractivity contribution >= 4 is 34.8 Å². The average molecular weight is 350 g/mol. The Hall–Kier alpha value is -1.71. The van der Waals surface area contributed by atoms with E-state index in [2.05, 4.69) is 5.32 Å². The Morgan fingerprint density at radius 1 is 1.13 bits per heavy atom. The molecule has 5 heteroatoms. The predicted molar refractivity (Wildman–Crippen MR) is 93.0 cm³/mol. The average Bonchev–Trinajstić information content (AvgIpc) is 3.07. The first kappa shape index (κ1) is 16.2. The third kappa shape index (κ3) is 3.46. The lowest BCUT2D eigenvalue weighted by Crippen LogP contribution is -2.25. The van der Waals surface area contributed by atoms with Crippen LogP contribution in [0.15, 0.2) is 54.6 Å². The summed E-state index contributed by atoms with van der Waals surface area (Å²) in [5.74, 6) is 0.578. The number of carbonyl (C=O) groups is 1. The van der Waals surface area contributed by atoms with Crippen molar-refractivity contribution in [2.45, 2.75) is 24.3 Å². The highest BCUT2D eigenvalue weighted by molar-refractivity contribution is 6.53. The number of alkyl halides is 2. The smallest absolute Gasteiger partial charge is 0.233 e. The van der Waals surface area contributed by atoms with E-state index in [0.29, 0.717) is 18.7 Å². The van der Waals surface area contributed by atoms with Crippen LogP contribution in [0.2, 0.25) is 0 Å². The summed E-state index contributed by atoms with van der Waals surface area (Å²) in [6.45, 7) is 2.27. The lowest BCUT2D eigenvalue weighted by atomic mass is 10.1. The van der Waals surface area contributed by atoms with Gasteiger partial charge in [0, 0.05) is 5.69 Å². The zero-order valence-electron chi connectivity index (χ0n) is 12.7. The molecule has 1 amide bonds. The summed E-state index contributed by atoms with van der Waals surface area (Å²) in [6, 6.07) is 17.2. The Morgan fingerprint density at radius 3 is 2.30 bits per heavy atom. The van der Waals surface area contributed by atoms with Gasteiger partial charge in [-0.25, -0.2) is 0 Å². The molecule has 1 fully saturated rings. The number of halogens is 2. The number of nitrogens with one attached hydrogen (secondary N) is 1. The minimum Gasteiger partial charge on any atom is -0.489 e. The van der Waals surface area contributed by atoms with E-state index in [1.165, 1.54) is 0 Å². The van der Waals surface area contributed by atoms with Crippen molar-refractivity contribution in [3.8, 4) is 5.75 Å². The van der Waals surface area contributed by atoms with Crippen LogP contribution in [0.4, 0.5) is 5.69 Å². The normalized spacial score (nSPS) is 21.5. The molecule has 3 nitrogen and oxygen atoms in total. The fourth-order valence-electron chi connectivity index (χ4n) is 2.29. The second-order valence-corrected chi connectivity index (χ2v) is 7.45. The zero-order chi connectivity index (χ0) is 16.5. The molecule has 0 saturated heterocycles. The number of anilines is 1. The first-order valence-corrected chi connectivity index (χ1v) is 8.12. The fourth-order valence-corrected chi connectivity index (χ4v) is 3.00. The van der Waals surface area contributed by atoms with Gasteiger partial charge in [0.1, 0.15) is 16.7 Å². The van der Waals surface area contributed by atoms with E-state index in [1.807, 2.05) is 42.5 Å². The predicted octanol–water partition coefficient (Wildman–Crippen LogP) is 4.79. The molecule has 1 aliphatic rings. The van der Waals surface area contributed by atoms with E-state index in [1.54, 1.807) is 19.1 Å². The van der Waals surface area contributed by atoms with E-state index in [-0.39, 0.29) is 5.91 Å². The van der Waals surface area contributed by atoms with Crippen LogP contribution in [0.5, 0.6) is 5.75 Å². The summed E-state index contributed by atoms with van der Waals surface area (Å²) in [7, 11) is 0. The van der Waals surface area contributed by atoms with Crippen molar-refractivity contribution in [2.75, 3.05) is 5.32 Å². The summed E-state index contributed by atoms with van der Waals surface area (Å²) in [5, 5.41) is 2.84. The largest absolute Gasteiger partial charge is 0.489 e. The highest BCUT2D eigenvalue weighted by atomic mass is 35.5. The molecule has 1 aliphatic carbocycles. The van der Waals surface area contributed by atoms with Gasteiger partial charge in [0.25, 0.3) is 0 Å². The van der Waals surface area contributed by atoms with Crippen molar-refractivity contribution in [1.82, 2.24) is 0 Å². The molecule has 0 spiro atoms. The van der Waals surface area contributed by atoms with E-state index in [4.69, 9.17) is 27.9 Å². The Morgan fingerprint density at radius 2 is 1.74 bits per heavy atom. The second kappa shape index (κ2) is 6.06. The van der Waals surface area contributed by atoms with Crippen LogP contribution >= 0.6 is 23.2 Å². The number of hydrogen-bond donors (Lipinski definition) is 1. The molecule has 3 rings (SSSR count). The number of rotatable bonds is 5. The van der Waals surface area contributed by atoms with Gasteiger partial charge < -0.3 is 10.1 Å². The molecule has 1 unspecified atom stereocenters. The van der Waals surface area contributed by atoms with Crippen LogP contribution in [-0.2, 0) is 11.4 Å². The van der Waals surface area contributed by atoms with Crippen molar-refractivity contribution in [1.29, 1.82) is 0 Å². The molecule has 0 radical (unpaired) electrons. The van der Waals surface area contributed by atoms with Crippen molar-refractivity contribution in [3.63, 3.8) is 0 Å². The third-order valence-electron chi connectivity index (χ3n) is 4.12. The Balaban J connectivity index is 1.56. The first-order valence-electron chi connectivity index (χ1n) is 7.37. The van der Waals surface area contributed by atoms with Crippen molar-refractivity contribution in [3.05, 3.63) is 60.2 Å². The summed E-state index contributed by atoms with van der Waals surface area (Å²) in [5.41, 5.74) is 1.07. The van der Waals surface area contributed by atoms with E-state index in [9.17, 15) is 4.79 Å². The van der Waals surface area contributed by atoms with Gasteiger partial charge in [0.15, 0.2) is 0 Å². The maximum absolute atomic E-state index is 12.2. The Kier molecular flexibility index (Phi) is 4.26. The molecule has 2 aromatic carbocycles. The fraction of sp³-hybridized carbons (Fsp3) is 0.278. The molecule has 0 aromatic heterocycles. The number of hydrogen-bond acceptors (Lipinski definition) is 2. The molecule has 1 atom stereocenters. The van der Waals surface area contributed by atoms with Crippen LogP contribution in [-0.4, -0.2) is 10.2 Å². The van der Waals surface area contributed by atoms with Gasteiger partial charge in [-0.3, -0.25) is 4.79 Å². The maximum Gasteiger partial charge on any atom is 0.233 e. The molecule has 0 bridgehead atoms. The number of carbonyl (C=O) groups excluding carboxylic acids is 1. The summed E-state index contributed by atoms with van der Waals surface area (Å²) < 4.78 is 4.75. The standard InChI is InChI=1S/C18H17Cl2NO2/c1-17(12-18(17,19)20)16(22)21-14-7-9-15(10-8-14)23-11-13-5-3-2-4-6-13/h2-10H,11-12H2,1H3,(H,21,22). The van der Waals surface area contributed by atoms with Crippen LogP contribution in [0.25, 0.3) is 0 Å². The molecular formula is C18H17Cl2NO2. The molecule has 120 valence electrons. The lowest BCUT2D eigenvalue weighted by molar-refractivity contribution is -0.120. The summed E-state index contributed by atoms with van der Waals surface area (Å²) >= 11 is 12.0. The summed E-state index contributed by atoms with van der Waals surface area (Å²) in [4.78, 5) is 12.2. The van der Waals surface area contributed by atoms with Gasteiger partial charge in [-0.15, -0.1) is 23.2 Å². The molecule has 23 heavy (non-hydrogen) atoms. The van der Waals surface area contributed by atoms with Crippen LogP contribution in [0.1, 0.15) is 18.9 Å². The highest BCUT2D eigenvalue weighted by Gasteiger charge is 2.67. The van der Waals surface area contributed by atoms with Gasteiger partial charge >= 0.3 is 0 Å². The first-order chi connectivity index (χ1) is 10.9. The van der Waals surface area contributed by atoms with Crippen LogP contribution in [0, 0.1) is 5.41 Å². The topological polar surface area (TPSA) is 38.3 Å². The Bertz CT molecular complexity index is 701. The monoisotopic (exact) mass is 349 g/mol. The number of benzene rings is 2. The molecule has 1 N–H and O–H groups in total. The van der Waals surface area contributed by atoms with Gasteiger partial charge in [0.05, 0.1) is 5.41 Å².